The number of hydrogen-bond acceptors (Lipinski definition) is 5. The van der Waals surface area contributed by atoms with Crippen LogP contribution in [0.1, 0.15) is 31.9 Å². The third-order valence-corrected chi connectivity index (χ3v) is 5.09. The second kappa shape index (κ2) is 7.56. The number of amides is 1. The molecule has 0 spiro atoms. The van der Waals surface area contributed by atoms with E-state index in [9.17, 15) is 4.79 Å². The van der Waals surface area contributed by atoms with Crippen LogP contribution in [0, 0.1) is 6.92 Å². The van der Waals surface area contributed by atoms with Crippen molar-refractivity contribution in [2.75, 3.05) is 19.0 Å². The highest BCUT2D eigenvalue weighted by Gasteiger charge is 2.20. The molecule has 0 atom stereocenters. The summed E-state index contributed by atoms with van der Waals surface area (Å²) in [6, 6.07) is 11.7. The quantitative estimate of drug-likeness (QED) is 0.678. The number of carbonyl (C=O) groups excluding carboxylic acids is 1. The van der Waals surface area contributed by atoms with Crippen LogP contribution in [-0.2, 0) is 10.2 Å². The molecule has 1 amide bonds. The molecule has 0 unspecified atom stereocenters. The largest absolute Gasteiger partial charge is 0.494 e. The molecule has 3 rings (SSSR count). The Kier molecular flexibility index (Phi) is 5.37. The van der Waals surface area contributed by atoms with E-state index in [0.29, 0.717) is 10.9 Å². The van der Waals surface area contributed by atoms with Gasteiger partial charge in [-0.15, -0.1) is 0 Å². The van der Waals surface area contributed by atoms with E-state index in [-0.39, 0.29) is 17.9 Å². The first-order valence-corrected chi connectivity index (χ1v) is 9.57. The molecule has 27 heavy (non-hydrogen) atoms. The Balaban J connectivity index is 1.71. The molecule has 0 bridgehead atoms. The van der Waals surface area contributed by atoms with Crippen molar-refractivity contribution in [3.05, 3.63) is 47.5 Å². The van der Waals surface area contributed by atoms with Gasteiger partial charge in [-0.25, -0.2) is 4.98 Å². The summed E-state index contributed by atoms with van der Waals surface area (Å²) in [7, 11) is 1.61. The number of methoxy groups -OCH3 is 1. The van der Waals surface area contributed by atoms with E-state index in [0.717, 1.165) is 21.5 Å². The SMILES string of the molecule is COc1cccc2sc(NC(=O)COc3ccc(C)cc3C(C)(C)C)nc12. The van der Waals surface area contributed by atoms with Crippen LogP contribution in [0.3, 0.4) is 0 Å². The Labute approximate surface area is 163 Å². The van der Waals surface area contributed by atoms with E-state index in [1.54, 1.807) is 7.11 Å². The first kappa shape index (κ1) is 19.2. The van der Waals surface area contributed by atoms with E-state index in [2.05, 4.69) is 37.1 Å². The van der Waals surface area contributed by atoms with E-state index in [1.807, 2.05) is 37.3 Å². The van der Waals surface area contributed by atoms with Gasteiger partial charge in [0.1, 0.15) is 17.0 Å². The van der Waals surface area contributed by atoms with Gasteiger partial charge in [0.25, 0.3) is 5.91 Å². The maximum atomic E-state index is 12.3. The number of hydrogen-bond donors (Lipinski definition) is 1. The Morgan fingerprint density at radius 2 is 1.96 bits per heavy atom. The van der Waals surface area contributed by atoms with Gasteiger partial charge in [0.2, 0.25) is 0 Å². The predicted octanol–water partition coefficient (Wildman–Crippen LogP) is 4.93. The molecule has 0 radical (unpaired) electrons. The van der Waals surface area contributed by atoms with Crippen molar-refractivity contribution in [3.8, 4) is 11.5 Å². The Hall–Kier alpha value is -2.60. The zero-order valence-electron chi connectivity index (χ0n) is 16.3. The molecule has 0 saturated heterocycles. The van der Waals surface area contributed by atoms with Crippen molar-refractivity contribution in [3.63, 3.8) is 0 Å². The van der Waals surface area contributed by atoms with Gasteiger partial charge in [0.05, 0.1) is 11.8 Å². The fraction of sp³-hybridized carbons (Fsp3) is 0.333. The maximum Gasteiger partial charge on any atom is 0.264 e. The van der Waals surface area contributed by atoms with Gasteiger partial charge >= 0.3 is 0 Å². The molecule has 0 aliphatic heterocycles. The normalized spacial score (nSPS) is 11.4. The number of thiazole rings is 1. The number of ether oxygens (including phenoxy) is 2. The molecule has 3 aromatic rings. The number of para-hydroxylation sites is 1. The number of anilines is 1. The zero-order chi connectivity index (χ0) is 19.6. The fourth-order valence-electron chi connectivity index (χ4n) is 2.80. The molecule has 142 valence electrons. The Morgan fingerprint density at radius 3 is 2.67 bits per heavy atom. The summed E-state index contributed by atoms with van der Waals surface area (Å²) in [5.41, 5.74) is 2.93. The summed E-state index contributed by atoms with van der Waals surface area (Å²) >= 11 is 1.41. The highest BCUT2D eigenvalue weighted by Crippen LogP contribution is 2.33. The van der Waals surface area contributed by atoms with Crippen molar-refractivity contribution in [1.29, 1.82) is 0 Å². The van der Waals surface area contributed by atoms with Gasteiger partial charge in [0.15, 0.2) is 11.7 Å². The molecule has 0 aliphatic rings. The second-order valence-electron chi connectivity index (χ2n) is 7.41. The highest BCUT2D eigenvalue weighted by molar-refractivity contribution is 7.22. The van der Waals surface area contributed by atoms with Gasteiger partial charge in [-0.05, 0) is 36.1 Å². The van der Waals surface area contributed by atoms with Crippen LogP contribution >= 0.6 is 11.3 Å². The number of fused-ring (bicyclic) bond motifs is 1. The summed E-state index contributed by atoms with van der Waals surface area (Å²) in [5, 5.41) is 3.34. The van der Waals surface area contributed by atoms with Crippen molar-refractivity contribution in [2.24, 2.45) is 0 Å². The van der Waals surface area contributed by atoms with Gasteiger partial charge in [0, 0.05) is 0 Å². The lowest BCUT2D eigenvalue weighted by Crippen LogP contribution is -2.22. The number of aromatic nitrogens is 1. The molecule has 6 heteroatoms. The standard InChI is InChI=1S/C21H24N2O3S/c1-13-9-10-15(14(11-13)21(2,3)4)26-12-18(24)22-20-23-19-16(25-5)7-6-8-17(19)27-20/h6-11H,12H2,1-5H3,(H,22,23,24). The summed E-state index contributed by atoms with van der Waals surface area (Å²) in [6.45, 7) is 8.36. The van der Waals surface area contributed by atoms with Gasteiger partial charge < -0.3 is 9.47 Å². The molecule has 0 saturated carbocycles. The maximum absolute atomic E-state index is 12.3. The summed E-state index contributed by atoms with van der Waals surface area (Å²) in [4.78, 5) is 16.8. The number of nitrogens with one attached hydrogen (secondary N) is 1. The van der Waals surface area contributed by atoms with Crippen LogP contribution in [0.5, 0.6) is 11.5 Å². The average molecular weight is 385 g/mol. The highest BCUT2D eigenvalue weighted by atomic mass is 32.1. The number of aryl methyl sites for hydroxylation is 1. The molecular weight excluding hydrogens is 360 g/mol. The van der Waals surface area contributed by atoms with E-state index in [1.165, 1.54) is 16.9 Å². The zero-order valence-corrected chi connectivity index (χ0v) is 17.1. The molecule has 5 nitrogen and oxygen atoms in total. The van der Waals surface area contributed by atoms with E-state index < -0.39 is 0 Å². The number of rotatable bonds is 5. The van der Waals surface area contributed by atoms with Crippen LogP contribution in [0.15, 0.2) is 36.4 Å². The Morgan fingerprint density at radius 1 is 1.19 bits per heavy atom. The first-order valence-electron chi connectivity index (χ1n) is 8.75. The third kappa shape index (κ3) is 4.39. The van der Waals surface area contributed by atoms with E-state index in [4.69, 9.17) is 9.47 Å². The Bertz CT molecular complexity index is 973. The fourth-order valence-corrected chi connectivity index (χ4v) is 3.70. The summed E-state index contributed by atoms with van der Waals surface area (Å²) in [5.74, 6) is 1.18. The number of carbonyl (C=O) groups is 1. The molecule has 0 aliphatic carbocycles. The van der Waals surface area contributed by atoms with Crippen molar-refractivity contribution >= 4 is 32.6 Å². The second-order valence-corrected chi connectivity index (χ2v) is 8.44. The van der Waals surface area contributed by atoms with Crippen LogP contribution in [0.2, 0.25) is 0 Å². The molecular formula is C21H24N2O3S. The smallest absolute Gasteiger partial charge is 0.264 e. The minimum Gasteiger partial charge on any atom is -0.494 e. The topological polar surface area (TPSA) is 60.5 Å². The monoisotopic (exact) mass is 384 g/mol. The molecule has 0 fully saturated rings. The minimum absolute atomic E-state index is 0.0680. The van der Waals surface area contributed by atoms with Crippen molar-refractivity contribution < 1.29 is 14.3 Å². The number of benzene rings is 2. The van der Waals surface area contributed by atoms with Gasteiger partial charge in [-0.1, -0.05) is 55.9 Å². The van der Waals surface area contributed by atoms with Crippen LogP contribution in [-0.4, -0.2) is 24.6 Å². The minimum atomic E-state index is -0.242. The first-order chi connectivity index (χ1) is 12.8. The van der Waals surface area contributed by atoms with Crippen LogP contribution < -0.4 is 14.8 Å². The average Bonchev–Trinajstić information content (AvgIpc) is 3.02. The van der Waals surface area contributed by atoms with Crippen molar-refractivity contribution in [2.45, 2.75) is 33.1 Å². The van der Waals surface area contributed by atoms with Gasteiger partial charge in [-0.3, -0.25) is 10.1 Å². The summed E-state index contributed by atoms with van der Waals surface area (Å²) < 4.78 is 12.1. The van der Waals surface area contributed by atoms with Gasteiger partial charge in [-0.2, -0.15) is 0 Å². The third-order valence-electron chi connectivity index (χ3n) is 4.15. The lowest BCUT2D eigenvalue weighted by molar-refractivity contribution is -0.118. The summed E-state index contributed by atoms with van der Waals surface area (Å²) in [6.07, 6.45) is 0. The lowest BCUT2D eigenvalue weighted by Gasteiger charge is -2.23. The molecule has 1 aromatic heterocycles. The lowest BCUT2D eigenvalue weighted by atomic mass is 9.85. The molecule has 1 N–H and O–H groups in total. The van der Waals surface area contributed by atoms with Crippen molar-refractivity contribution in [1.82, 2.24) is 4.98 Å². The molecule has 1 heterocycles. The molecule has 2 aromatic carbocycles. The predicted molar refractivity (Wildman–Crippen MR) is 110 cm³/mol. The van der Waals surface area contributed by atoms with Crippen LogP contribution in [0.4, 0.5) is 5.13 Å². The number of nitrogens with zero attached hydrogens (tertiary/aromatic N) is 1. The van der Waals surface area contributed by atoms with E-state index >= 15 is 0 Å². The van der Waals surface area contributed by atoms with Crippen LogP contribution in [0.25, 0.3) is 10.2 Å².